The summed E-state index contributed by atoms with van der Waals surface area (Å²) in [6, 6.07) is 10.8. The fourth-order valence-corrected chi connectivity index (χ4v) is 3.12. The van der Waals surface area contributed by atoms with Gasteiger partial charge in [-0.15, -0.1) is 0 Å². The van der Waals surface area contributed by atoms with Gasteiger partial charge in [0.25, 0.3) is 0 Å². The number of aliphatic hydroxyl groups is 1. The van der Waals surface area contributed by atoms with Crippen LogP contribution in [0.25, 0.3) is 0 Å². The number of hydrogen-bond acceptors (Lipinski definition) is 2. The molecular formula is C15H13BrCl2O2. The molecule has 20 heavy (non-hydrogen) atoms. The molecule has 0 saturated heterocycles. The molecule has 0 aliphatic heterocycles. The molecule has 2 aromatic rings. The molecule has 0 fully saturated rings. The topological polar surface area (TPSA) is 29.5 Å². The Morgan fingerprint density at radius 1 is 1.15 bits per heavy atom. The Morgan fingerprint density at radius 2 is 1.80 bits per heavy atom. The third-order valence-electron chi connectivity index (χ3n) is 2.94. The molecular weight excluding hydrogens is 363 g/mol. The number of ether oxygens (including phenoxy) is 1. The molecule has 0 saturated carbocycles. The second-order valence-electron chi connectivity index (χ2n) is 4.36. The quantitative estimate of drug-likeness (QED) is 0.810. The van der Waals surface area contributed by atoms with Crippen molar-refractivity contribution in [3.05, 3.63) is 62.0 Å². The van der Waals surface area contributed by atoms with Gasteiger partial charge in [-0.05, 0) is 45.8 Å². The molecule has 0 aromatic heterocycles. The minimum atomic E-state index is -0.707. The van der Waals surface area contributed by atoms with Gasteiger partial charge in [0.1, 0.15) is 5.75 Å². The van der Waals surface area contributed by atoms with E-state index in [0.29, 0.717) is 27.8 Å². The Balaban J connectivity index is 2.28. The van der Waals surface area contributed by atoms with Gasteiger partial charge in [0.2, 0.25) is 0 Å². The van der Waals surface area contributed by atoms with Crippen molar-refractivity contribution >= 4 is 39.1 Å². The smallest absolute Gasteiger partial charge is 0.138 e. The summed E-state index contributed by atoms with van der Waals surface area (Å²) in [6.45, 7) is 0. The number of hydrogen-bond donors (Lipinski definition) is 1. The molecule has 2 nitrogen and oxygen atoms in total. The summed E-state index contributed by atoms with van der Waals surface area (Å²) in [5.41, 5.74) is 1.64. The van der Waals surface area contributed by atoms with Crippen LogP contribution in [0.15, 0.2) is 40.9 Å². The second-order valence-corrected chi connectivity index (χ2v) is 6.08. The molecule has 1 N–H and O–H groups in total. The fourth-order valence-electron chi connectivity index (χ4n) is 2.00. The standard InChI is InChI=1S/C15H13BrCl2O2/c1-20-15-12(7-11(18)8-13(15)16)14(19)6-9-2-4-10(17)5-3-9/h2-5,7-8,14,19H,6H2,1H3. The first-order valence-electron chi connectivity index (χ1n) is 5.96. The highest BCUT2D eigenvalue weighted by Crippen LogP contribution is 2.37. The van der Waals surface area contributed by atoms with E-state index in [1.165, 1.54) is 0 Å². The first-order valence-corrected chi connectivity index (χ1v) is 7.51. The van der Waals surface area contributed by atoms with Gasteiger partial charge in [-0.25, -0.2) is 0 Å². The number of benzene rings is 2. The van der Waals surface area contributed by atoms with E-state index < -0.39 is 6.10 Å². The van der Waals surface area contributed by atoms with Crippen molar-refractivity contribution in [2.75, 3.05) is 7.11 Å². The van der Waals surface area contributed by atoms with E-state index in [9.17, 15) is 5.11 Å². The van der Waals surface area contributed by atoms with Gasteiger partial charge < -0.3 is 9.84 Å². The van der Waals surface area contributed by atoms with Crippen molar-refractivity contribution < 1.29 is 9.84 Å². The average molecular weight is 376 g/mol. The number of aliphatic hydroxyl groups excluding tert-OH is 1. The van der Waals surface area contributed by atoms with Gasteiger partial charge in [0.15, 0.2) is 0 Å². The van der Waals surface area contributed by atoms with Crippen LogP contribution in [0, 0.1) is 0 Å². The van der Waals surface area contributed by atoms with E-state index in [0.717, 1.165) is 10.0 Å². The van der Waals surface area contributed by atoms with E-state index in [1.54, 1.807) is 31.4 Å². The zero-order chi connectivity index (χ0) is 14.7. The van der Waals surface area contributed by atoms with Crippen molar-refractivity contribution in [2.45, 2.75) is 12.5 Å². The molecule has 0 radical (unpaired) electrons. The van der Waals surface area contributed by atoms with E-state index in [4.69, 9.17) is 27.9 Å². The molecule has 2 rings (SSSR count). The molecule has 0 spiro atoms. The molecule has 0 bridgehead atoms. The minimum absolute atomic E-state index is 0.459. The zero-order valence-corrected chi connectivity index (χ0v) is 13.8. The maximum atomic E-state index is 10.4. The van der Waals surface area contributed by atoms with Crippen LogP contribution in [0.1, 0.15) is 17.2 Å². The Hall–Kier alpha value is -0.740. The third-order valence-corrected chi connectivity index (χ3v) is 4.00. The largest absolute Gasteiger partial charge is 0.495 e. The van der Waals surface area contributed by atoms with E-state index in [2.05, 4.69) is 15.9 Å². The highest BCUT2D eigenvalue weighted by atomic mass is 79.9. The number of methoxy groups -OCH3 is 1. The van der Waals surface area contributed by atoms with Crippen LogP contribution in [-0.4, -0.2) is 12.2 Å². The van der Waals surface area contributed by atoms with Crippen molar-refractivity contribution in [3.8, 4) is 5.75 Å². The molecule has 0 amide bonds. The summed E-state index contributed by atoms with van der Waals surface area (Å²) >= 11 is 15.3. The third kappa shape index (κ3) is 3.67. The van der Waals surface area contributed by atoms with Gasteiger partial charge >= 0.3 is 0 Å². The van der Waals surface area contributed by atoms with Crippen molar-refractivity contribution in [2.24, 2.45) is 0 Å². The first kappa shape index (κ1) is 15.6. The minimum Gasteiger partial charge on any atom is -0.495 e. The Bertz CT molecular complexity index is 600. The molecule has 0 heterocycles. The van der Waals surface area contributed by atoms with Gasteiger partial charge in [-0.2, -0.15) is 0 Å². The summed E-state index contributed by atoms with van der Waals surface area (Å²) in [6.07, 6.45) is -0.249. The van der Waals surface area contributed by atoms with Crippen LogP contribution >= 0.6 is 39.1 Å². The second kappa shape index (κ2) is 6.81. The maximum Gasteiger partial charge on any atom is 0.138 e. The van der Waals surface area contributed by atoms with Crippen LogP contribution in [-0.2, 0) is 6.42 Å². The summed E-state index contributed by atoms with van der Waals surface area (Å²) in [7, 11) is 1.56. The average Bonchev–Trinajstić information content (AvgIpc) is 2.40. The van der Waals surface area contributed by atoms with Gasteiger partial charge in [0.05, 0.1) is 17.7 Å². The van der Waals surface area contributed by atoms with Gasteiger partial charge in [-0.1, -0.05) is 35.3 Å². The first-order chi connectivity index (χ1) is 9.51. The molecule has 0 aliphatic carbocycles. The van der Waals surface area contributed by atoms with Crippen LogP contribution < -0.4 is 4.74 Å². The summed E-state index contributed by atoms with van der Waals surface area (Å²) < 4.78 is 6.04. The highest BCUT2D eigenvalue weighted by Gasteiger charge is 2.17. The van der Waals surface area contributed by atoms with Crippen LogP contribution in [0.3, 0.4) is 0 Å². The molecule has 0 aliphatic rings. The Morgan fingerprint density at radius 3 is 2.40 bits per heavy atom. The lowest BCUT2D eigenvalue weighted by Gasteiger charge is -2.16. The lowest BCUT2D eigenvalue weighted by molar-refractivity contribution is 0.174. The maximum absolute atomic E-state index is 10.4. The monoisotopic (exact) mass is 374 g/mol. The summed E-state index contributed by atoms with van der Waals surface area (Å²) in [5.74, 6) is 0.593. The Labute approximate surface area is 136 Å². The predicted molar refractivity (Wildman–Crippen MR) is 85.8 cm³/mol. The van der Waals surface area contributed by atoms with Gasteiger partial charge in [-0.3, -0.25) is 0 Å². The van der Waals surface area contributed by atoms with E-state index in [1.807, 2.05) is 12.1 Å². The van der Waals surface area contributed by atoms with E-state index >= 15 is 0 Å². The zero-order valence-electron chi connectivity index (χ0n) is 10.7. The number of rotatable bonds is 4. The summed E-state index contributed by atoms with van der Waals surface area (Å²) in [5, 5.41) is 11.6. The number of halogens is 3. The van der Waals surface area contributed by atoms with Crippen LogP contribution in [0.4, 0.5) is 0 Å². The van der Waals surface area contributed by atoms with Crippen molar-refractivity contribution in [1.29, 1.82) is 0 Å². The fraction of sp³-hybridized carbons (Fsp3) is 0.200. The van der Waals surface area contributed by atoms with Crippen molar-refractivity contribution in [3.63, 3.8) is 0 Å². The van der Waals surface area contributed by atoms with Crippen molar-refractivity contribution in [1.82, 2.24) is 0 Å². The van der Waals surface area contributed by atoms with Crippen LogP contribution in [0.5, 0.6) is 5.75 Å². The summed E-state index contributed by atoms with van der Waals surface area (Å²) in [4.78, 5) is 0. The SMILES string of the molecule is COc1c(Br)cc(Cl)cc1C(O)Cc1ccc(Cl)cc1. The molecule has 1 unspecified atom stereocenters. The normalized spacial score (nSPS) is 12.2. The van der Waals surface area contributed by atoms with Gasteiger partial charge in [0, 0.05) is 22.0 Å². The molecule has 5 heteroatoms. The highest BCUT2D eigenvalue weighted by molar-refractivity contribution is 9.10. The lowest BCUT2D eigenvalue weighted by atomic mass is 10.0. The lowest BCUT2D eigenvalue weighted by Crippen LogP contribution is -2.04. The Kier molecular flexibility index (Phi) is 5.33. The van der Waals surface area contributed by atoms with E-state index in [-0.39, 0.29) is 0 Å². The molecule has 1 atom stereocenters. The predicted octanol–water partition coefficient (Wildman–Crippen LogP) is 5.04. The van der Waals surface area contributed by atoms with Crippen LogP contribution in [0.2, 0.25) is 10.0 Å². The molecule has 106 valence electrons. The molecule has 2 aromatic carbocycles.